The zero-order valence-electron chi connectivity index (χ0n) is 13.4. The molecule has 0 spiro atoms. The topological polar surface area (TPSA) is 69.9 Å². The van der Waals surface area contributed by atoms with Gasteiger partial charge in [0.1, 0.15) is 5.76 Å². The minimum absolute atomic E-state index is 0.000989. The fourth-order valence-electron chi connectivity index (χ4n) is 1.80. The van der Waals surface area contributed by atoms with E-state index < -0.39 is 0 Å². The highest BCUT2D eigenvalue weighted by molar-refractivity contribution is 7.07. The summed E-state index contributed by atoms with van der Waals surface area (Å²) in [6.45, 7) is 1.47. The number of aliphatic imine (C=N–C) groups is 1. The van der Waals surface area contributed by atoms with E-state index in [1.54, 1.807) is 36.6 Å². The van der Waals surface area contributed by atoms with Crippen LogP contribution < -0.4 is 10.6 Å². The maximum absolute atomic E-state index is 11.7. The van der Waals surface area contributed by atoms with Gasteiger partial charge in [0.15, 0.2) is 5.96 Å². The van der Waals surface area contributed by atoms with Crippen molar-refractivity contribution in [3.63, 3.8) is 0 Å². The molecular formula is C16H22N4O2S. The summed E-state index contributed by atoms with van der Waals surface area (Å²) in [5, 5.41) is 10.4. The number of nitrogens with zero attached hydrogens (tertiary/aromatic N) is 2. The number of likely N-dealkylation sites (N-methyl/N-ethyl adjacent to an activating group) is 1. The van der Waals surface area contributed by atoms with Gasteiger partial charge in [-0.15, -0.1) is 0 Å². The third-order valence-electron chi connectivity index (χ3n) is 3.15. The highest BCUT2D eigenvalue weighted by Crippen LogP contribution is 2.06. The number of carbonyl (C=O) groups excluding carboxylic acids is 1. The van der Waals surface area contributed by atoms with Gasteiger partial charge in [-0.2, -0.15) is 11.3 Å². The van der Waals surface area contributed by atoms with Gasteiger partial charge in [0, 0.05) is 27.1 Å². The third-order valence-corrected chi connectivity index (χ3v) is 3.88. The van der Waals surface area contributed by atoms with Crippen LogP contribution in [0, 0.1) is 0 Å². The van der Waals surface area contributed by atoms with Crippen LogP contribution in [0.4, 0.5) is 0 Å². The second kappa shape index (κ2) is 8.99. The Morgan fingerprint density at radius 3 is 2.87 bits per heavy atom. The van der Waals surface area contributed by atoms with Gasteiger partial charge in [0.05, 0.1) is 19.4 Å². The molecule has 0 fully saturated rings. The van der Waals surface area contributed by atoms with Crippen molar-refractivity contribution in [1.82, 2.24) is 15.5 Å². The Morgan fingerprint density at radius 2 is 2.22 bits per heavy atom. The molecule has 23 heavy (non-hydrogen) atoms. The van der Waals surface area contributed by atoms with Gasteiger partial charge >= 0.3 is 0 Å². The second-order valence-electron chi connectivity index (χ2n) is 5.19. The molecule has 0 saturated carbocycles. The molecule has 0 aliphatic heterocycles. The molecule has 0 atom stereocenters. The summed E-state index contributed by atoms with van der Waals surface area (Å²) >= 11 is 1.65. The molecule has 2 heterocycles. The Kier molecular flexibility index (Phi) is 6.68. The van der Waals surface area contributed by atoms with Crippen molar-refractivity contribution in [3.05, 3.63) is 46.5 Å². The van der Waals surface area contributed by atoms with Crippen LogP contribution in [0.5, 0.6) is 0 Å². The lowest BCUT2D eigenvalue weighted by molar-refractivity contribution is -0.127. The van der Waals surface area contributed by atoms with E-state index in [9.17, 15) is 4.79 Å². The van der Waals surface area contributed by atoms with Crippen LogP contribution in [-0.2, 0) is 17.8 Å². The zero-order valence-corrected chi connectivity index (χ0v) is 14.2. The Balaban J connectivity index is 1.87. The molecule has 0 bridgehead atoms. The lowest BCUT2D eigenvalue weighted by Gasteiger charge is -2.14. The molecule has 0 aliphatic carbocycles. The largest absolute Gasteiger partial charge is 0.469 e. The molecule has 0 unspecified atom stereocenters. The molecule has 2 N–H and O–H groups in total. The molecule has 6 nitrogen and oxygen atoms in total. The summed E-state index contributed by atoms with van der Waals surface area (Å²) < 4.78 is 5.30. The molecule has 2 aromatic rings. The average molecular weight is 334 g/mol. The Labute approximate surface area is 140 Å². The van der Waals surface area contributed by atoms with E-state index in [0.29, 0.717) is 19.0 Å². The molecule has 1 amide bonds. The first-order valence-electron chi connectivity index (χ1n) is 7.41. The Bertz CT molecular complexity index is 606. The van der Waals surface area contributed by atoms with Crippen LogP contribution in [0.1, 0.15) is 11.3 Å². The normalized spacial score (nSPS) is 11.3. The van der Waals surface area contributed by atoms with Gasteiger partial charge in [-0.05, 0) is 34.5 Å². The van der Waals surface area contributed by atoms with Crippen molar-refractivity contribution in [1.29, 1.82) is 0 Å². The molecular weight excluding hydrogens is 312 g/mol. The maximum atomic E-state index is 11.7. The second-order valence-corrected chi connectivity index (χ2v) is 5.97. The van der Waals surface area contributed by atoms with Crippen LogP contribution >= 0.6 is 11.3 Å². The molecule has 2 rings (SSSR count). The fraction of sp³-hybridized carbons (Fsp3) is 0.375. The Morgan fingerprint density at radius 1 is 1.35 bits per heavy atom. The predicted molar refractivity (Wildman–Crippen MR) is 92.6 cm³/mol. The number of nitrogens with one attached hydrogen (secondary N) is 2. The van der Waals surface area contributed by atoms with Crippen molar-refractivity contribution in [2.24, 2.45) is 4.99 Å². The van der Waals surface area contributed by atoms with Gasteiger partial charge in [0.2, 0.25) is 5.91 Å². The number of thiophene rings is 1. The minimum atomic E-state index is 0.000989. The van der Waals surface area contributed by atoms with Crippen molar-refractivity contribution in [3.8, 4) is 0 Å². The number of hydrogen-bond donors (Lipinski definition) is 2. The van der Waals surface area contributed by atoms with E-state index in [2.05, 4.69) is 21.0 Å². The summed E-state index contributed by atoms with van der Waals surface area (Å²) in [6, 6.07) is 5.85. The van der Waals surface area contributed by atoms with Gasteiger partial charge in [-0.1, -0.05) is 0 Å². The number of amides is 1. The van der Waals surface area contributed by atoms with E-state index in [0.717, 1.165) is 17.7 Å². The van der Waals surface area contributed by atoms with Crippen LogP contribution in [0.25, 0.3) is 0 Å². The van der Waals surface area contributed by atoms with E-state index in [4.69, 9.17) is 4.42 Å². The summed E-state index contributed by atoms with van der Waals surface area (Å²) in [4.78, 5) is 17.8. The quantitative estimate of drug-likeness (QED) is 0.597. The molecule has 0 radical (unpaired) electrons. The first kappa shape index (κ1) is 17.1. The first-order valence-corrected chi connectivity index (χ1v) is 8.35. The molecule has 2 aromatic heterocycles. The SMILES string of the molecule is CN(C)C(=O)CNC(=NCc1ccsc1)NCCc1ccco1. The number of guanidine groups is 1. The highest BCUT2D eigenvalue weighted by Gasteiger charge is 2.06. The number of carbonyl (C=O) groups is 1. The maximum Gasteiger partial charge on any atom is 0.241 e. The van der Waals surface area contributed by atoms with Crippen LogP contribution in [0.3, 0.4) is 0 Å². The van der Waals surface area contributed by atoms with Gasteiger partial charge in [-0.3, -0.25) is 4.79 Å². The molecule has 0 aromatic carbocycles. The number of hydrogen-bond acceptors (Lipinski definition) is 4. The average Bonchev–Trinajstić information content (AvgIpc) is 3.22. The van der Waals surface area contributed by atoms with Crippen LogP contribution in [-0.4, -0.2) is 44.0 Å². The summed E-state index contributed by atoms with van der Waals surface area (Å²) in [7, 11) is 3.47. The predicted octanol–water partition coefficient (Wildman–Crippen LogP) is 1.71. The zero-order chi connectivity index (χ0) is 16.5. The van der Waals surface area contributed by atoms with E-state index in [-0.39, 0.29) is 12.5 Å². The number of furan rings is 1. The van der Waals surface area contributed by atoms with Crippen molar-refractivity contribution >= 4 is 23.2 Å². The van der Waals surface area contributed by atoms with Crippen LogP contribution in [0.15, 0.2) is 44.6 Å². The van der Waals surface area contributed by atoms with Crippen molar-refractivity contribution in [2.75, 3.05) is 27.2 Å². The molecule has 0 saturated heterocycles. The van der Waals surface area contributed by atoms with Crippen molar-refractivity contribution in [2.45, 2.75) is 13.0 Å². The lowest BCUT2D eigenvalue weighted by Crippen LogP contribution is -2.43. The molecule has 124 valence electrons. The molecule has 7 heteroatoms. The van der Waals surface area contributed by atoms with Crippen LogP contribution in [0.2, 0.25) is 0 Å². The highest BCUT2D eigenvalue weighted by atomic mass is 32.1. The van der Waals surface area contributed by atoms with Gasteiger partial charge in [-0.25, -0.2) is 4.99 Å². The van der Waals surface area contributed by atoms with Gasteiger partial charge < -0.3 is 20.0 Å². The molecule has 0 aliphatic rings. The number of rotatable bonds is 7. The monoisotopic (exact) mass is 334 g/mol. The first-order chi connectivity index (χ1) is 11.1. The lowest BCUT2D eigenvalue weighted by atomic mass is 10.3. The van der Waals surface area contributed by atoms with Crippen molar-refractivity contribution < 1.29 is 9.21 Å². The third kappa shape index (κ3) is 6.15. The smallest absolute Gasteiger partial charge is 0.241 e. The van der Waals surface area contributed by atoms with E-state index in [1.165, 1.54) is 0 Å². The van der Waals surface area contributed by atoms with E-state index >= 15 is 0 Å². The van der Waals surface area contributed by atoms with Gasteiger partial charge in [0.25, 0.3) is 0 Å². The fourth-order valence-corrected chi connectivity index (χ4v) is 2.46. The van der Waals surface area contributed by atoms with E-state index in [1.807, 2.05) is 23.6 Å². The summed E-state index contributed by atoms with van der Waals surface area (Å²) in [5.41, 5.74) is 1.15. The Hall–Kier alpha value is -2.28. The minimum Gasteiger partial charge on any atom is -0.469 e. The summed E-state index contributed by atoms with van der Waals surface area (Å²) in [6.07, 6.45) is 2.42. The summed E-state index contributed by atoms with van der Waals surface area (Å²) in [5.74, 6) is 1.54. The standard InChI is InChI=1S/C16H22N4O2S/c1-20(2)15(21)11-19-16(18-10-13-6-9-23-12-13)17-7-5-14-4-3-8-22-14/h3-4,6,8-9,12H,5,7,10-11H2,1-2H3,(H2,17,18,19).